The summed E-state index contributed by atoms with van der Waals surface area (Å²) in [7, 11) is 0. The Morgan fingerprint density at radius 2 is 2.00 bits per heavy atom. The second-order valence-electron chi connectivity index (χ2n) is 5.84. The number of hydrogen-bond donors (Lipinski definition) is 3. The van der Waals surface area contributed by atoms with E-state index >= 15 is 0 Å². The maximum Gasteiger partial charge on any atom is 0.573 e. The maximum absolute atomic E-state index is 12.4. The summed E-state index contributed by atoms with van der Waals surface area (Å²) in [5.41, 5.74) is 0.219. The number of H-pyrrole nitrogens is 1. The summed E-state index contributed by atoms with van der Waals surface area (Å²) in [5.74, 6) is -1.56. The van der Waals surface area contributed by atoms with Crippen molar-refractivity contribution in [1.82, 2.24) is 15.5 Å². The van der Waals surface area contributed by atoms with Gasteiger partial charge in [0.15, 0.2) is 0 Å². The molecule has 1 aliphatic rings. The number of aromatic amines is 1. The monoisotopic (exact) mass is 368 g/mol. The summed E-state index contributed by atoms with van der Waals surface area (Å²) in [6.45, 7) is 1.34. The van der Waals surface area contributed by atoms with Crippen LogP contribution >= 0.6 is 0 Å². The van der Waals surface area contributed by atoms with Gasteiger partial charge in [-0.2, -0.15) is 5.10 Å². The van der Waals surface area contributed by atoms with E-state index < -0.39 is 23.9 Å². The molecule has 1 heterocycles. The number of nitrogens with one attached hydrogen (secondary N) is 3. The van der Waals surface area contributed by atoms with Gasteiger partial charge in [-0.25, -0.2) is 0 Å². The average molecular weight is 368 g/mol. The van der Waals surface area contributed by atoms with E-state index in [-0.39, 0.29) is 28.6 Å². The molecule has 0 aliphatic heterocycles. The Bertz CT molecular complexity index is 844. The Morgan fingerprint density at radius 3 is 2.65 bits per heavy atom. The van der Waals surface area contributed by atoms with Crippen LogP contribution in [-0.2, 0) is 0 Å². The second kappa shape index (κ2) is 6.70. The van der Waals surface area contributed by atoms with Crippen molar-refractivity contribution in [3.8, 4) is 5.75 Å². The van der Waals surface area contributed by atoms with Crippen molar-refractivity contribution >= 4 is 17.5 Å². The summed E-state index contributed by atoms with van der Waals surface area (Å²) in [6.07, 6.45) is -1.82. The molecule has 0 atom stereocenters. The number of carbonyl (C=O) groups is 2. The van der Waals surface area contributed by atoms with Gasteiger partial charge < -0.3 is 15.4 Å². The van der Waals surface area contributed by atoms with Gasteiger partial charge in [0.25, 0.3) is 11.8 Å². The summed E-state index contributed by atoms with van der Waals surface area (Å²) in [4.78, 5) is 24.5. The molecule has 1 aromatic carbocycles. The first-order valence-corrected chi connectivity index (χ1v) is 7.75. The highest BCUT2D eigenvalue weighted by Crippen LogP contribution is 2.28. The van der Waals surface area contributed by atoms with Crippen molar-refractivity contribution in [2.45, 2.75) is 32.2 Å². The van der Waals surface area contributed by atoms with Gasteiger partial charge in [-0.15, -0.1) is 13.2 Å². The van der Waals surface area contributed by atoms with Gasteiger partial charge in [0.2, 0.25) is 0 Å². The lowest BCUT2D eigenvalue weighted by Gasteiger charge is -2.14. The molecule has 1 fully saturated rings. The van der Waals surface area contributed by atoms with Crippen LogP contribution < -0.4 is 15.4 Å². The highest BCUT2D eigenvalue weighted by Gasteiger charge is 2.32. The van der Waals surface area contributed by atoms with Crippen LogP contribution in [0.3, 0.4) is 0 Å². The number of carbonyl (C=O) groups excluding carboxylic acids is 2. The standard InChI is InChI=1S/C16H15F3N4O3/c1-8-10(3-2-4-12(8)26-16(17,18)19)14(24)22-11-7-20-23-13(11)15(25)21-9-5-6-9/h2-4,7,9H,5-6H2,1H3,(H,20,23)(H,21,25)(H,22,24). The van der Waals surface area contributed by atoms with E-state index in [1.807, 2.05) is 0 Å². The molecular weight excluding hydrogens is 353 g/mol. The molecule has 26 heavy (non-hydrogen) atoms. The molecular formula is C16H15F3N4O3. The lowest BCUT2D eigenvalue weighted by atomic mass is 10.1. The van der Waals surface area contributed by atoms with Gasteiger partial charge in [-0.1, -0.05) is 6.07 Å². The lowest BCUT2D eigenvalue weighted by Crippen LogP contribution is -2.27. The van der Waals surface area contributed by atoms with Crippen LogP contribution in [-0.4, -0.2) is 34.4 Å². The van der Waals surface area contributed by atoms with Crippen LogP contribution in [0.2, 0.25) is 0 Å². The van der Waals surface area contributed by atoms with Crippen molar-refractivity contribution < 1.29 is 27.5 Å². The number of aromatic nitrogens is 2. The van der Waals surface area contributed by atoms with E-state index in [1.54, 1.807) is 0 Å². The molecule has 0 bridgehead atoms. The Kier molecular flexibility index (Phi) is 4.58. The Labute approximate surface area is 145 Å². The van der Waals surface area contributed by atoms with Gasteiger partial charge in [0.05, 0.1) is 11.9 Å². The first kappa shape index (κ1) is 17.8. The largest absolute Gasteiger partial charge is 0.573 e. The highest BCUT2D eigenvalue weighted by atomic mass is 19.4. The molecule has 7 nitrogen and oxygen atoms in total. The molecule has 0 unspecified atom stereocenters. The topological polar surface area (TPSA) is 96.1 Å². The van der Waals surface area contributed by atoms with Crippen molar-refractivity contribution in [1.29, 1.82) is 0 Å². The Morgan fingerprint density at radius 1 is 1.27 bits per heavy atom. The summed E-state index contributed by atoms with van der Waals surface area (Å²) >= 11 is 0. The molecule has 1 saturated carbocycles. The minimum absolute atomic E-state index is 0.0125. The van der Waals surface area contributed by atoms with Crippen molar-refractivity contribution in [3.63, 3.8) is 0 Å². The molecule has 10 heteroatoms. The van der Waals surface area contributed by atoms with Crippen LogP contribution in [0.5, 0.6) is 5.75 Å². The highest BCUT2D eigenvalue weighted by molar-refractivity contribution is 6.09. The average Bonchev–Trinajstić information content (AvgIpc) is 3.23. The number of hydrogen-bond acceptors (Lipinski definition) is 4. The smallest absolute Gasteiger partial charge is 0.405 e. The van der Waals surface area contributed by atoms with Gasteiger partial charge in [0, 0.05) is 17.2 Å². The van der Waals surface area contributed by atoms with Gasteiger partial charge in [-0.3, -0.25) is 14.7 Å². The lowest BCUT2D eigenvalue weighted by molar-refractivity contribution is -0.274. The van der Waals surface area contributed by atoms with Gasteiger partial charge in [-0.05, 0) is 31.9 Å². The number of alkyl halides is 3. The summed E-state index contributed by atoms with van der Waals surface area (Å²) in [6, 6.07) is 3.87. The molecule has 3 N–H and O–H groups in total. The van der Waals surface area contributed by atoms with E-state index in [0.717, 1.165) is 18.9 Å². The van der Waals surface area contributed by atoms with E-state index in [4.69, 9.17) is 0 Å². The number of benzene rings is 1. The minimum Gasteiger partial charge on any atom is -0.405 e. The molecule has 0 saturated heterocycles. The van der Waals surface area contributed by atoms with Crippen LogP contribution in [0.4, 0.5) is 18.9 Å². The van der Waals surface area contributed by atoms with E-state index in [2.05, 4.69) is 25.6 Å². The van der Waals surface area contributed by atoms with Crippen LogP contribution in [0, 0.1) is 6.92 Å². The fraction of sp³-hybridized carbons (Fsp3) is 0.312. The number of anilines is 1. The maximum atomic E-state index is 12.4. The number of rotatable bonds is 5. The number of ether oxygens (including phenoxy) is 1. The van der Waals surface area contributed by atoms with Gasteiger partial charge in [0.1, 0.15) is 11.4 Å². The molecule has 138 valence electrons. The second-order valence-corrected chi connectivity index (χ2v) is 5.84. The van der Waals surface area contributed by atoms with Crippen molar-refractivity contribution in [3.05, 3.63) is 41.2 Å². The van der Waals surface area contributed by atoms with Crippen LogP contribution in [0.25, 0.3) is 0 Å². The third kappa shape index (κ3) is 4.13. The number of nitrogens with zero attached hydrogens (tertiary/aromatic N) is 1. The predicted octanol–water partition coefficient (Wildman–Crippen LogP) is 2.76. The molecule has 2 aromatic rings. The molecule has 2 amide bonds. The van der Waals surface area contributed by atoms with Crippen LogP contribution in [0.1, 0.15) is 39.3 Å². The van der Waals surface area contributed by atoms with Crippen molar-refractivity contribution in [2.24, 2.45) is 0 Å². The number of amides is 2. The fourth-order valence-electron chi connectivity index (χ4n) is 2.32. The molecule has 3 rings (SSSR count). The Balaban J connectivity index is 1.78. The normalized spacial score (nSPS) is 14.0. The zero-order valence-corrected chi connectivity index (χ0v) is 13.6. The minimum atomic E-state index is -4.86. The van der Waals surface area contributed by atoms with E-state index in [0.29, 0.717) is 0 Å². The van der Waals surface area contributed by atoms with Gasteiger partial charge >= 0.3 is 6.36 Å². The SMILES string of the molecule is Cc1c(OC(F)(F)F)cccc1C(=O)Nc1cn[nH]c1C(=O)NC1CC1. The first-order chi connectivity index (χ1) is 12.2. The zero-order chi connectivity index (χ0) is 18.9. The molecule has 1 aliphatic carbocycles. The number of halogens is 3. The van der Waals surface area contributed by atoms with E-state index in [9.17, 15) is 22.8 Å². The molecule has 0 spiro atoms. The third-order valence-electron chi connectivity index (χ3n) is 3.78. The van der Waals surface area contributed by atoms with Crippen LogP contribution in [0.15, 0.2) is 24.4 Å². The Hall–Kier alpha value is -3.04. The summed E-state index contributed by atoms with van der Waals surface area (Å²) < 4.78 is 41.2. The third-order valence-corrected chi connectivity index (χ3v) is 3.78. The molecule has 0 radical (unpaired) electrons. The van der Waals surface area contributed by atoms with Crippen molar-refractivity contribution in [2.75, 3.05) is 5.32 Å². The predicted molar refractivity (Wildman–Crippen MR) is 84.9 cm³/mol. The summed E-state index contributed by atoms with van der Waals surface area (Å²) in [5, 5.41) is 11.5. The molecule has 1 aromatic heterocycles. The fourth-order valence-corrected chi connectivity index (χ4v) is 2.32. The first-order valence-electron chi connectivity index (χ1n) is 7.75. The quantitative estimate of drug-likeness (QED) is 0.756. The zero-order valence-electron chi connectivity index (χ0n) is 13.6. The van der Waals surface area contributed by atoms with E-state index in [1.165, 1.54) is 25.3 Å².